The molecule has 1 saturated heterocycles. The normalized spacial score (nSPS) is 23.4. The lowest BCUT2D eigenvalue weighted by Gasteiger charge is -2.33. The van der Waals surface area contributed by atoms with Crippen molar-refractivity contribution in [3.63, 3.8) is 0 Å². The number of aliphatic hydroxyl groups excluding tert-OH is 1. The summed E-state index contributed by atoms with van der Waals surface area (Å²) in [4.78, 5) is 24.9. The van der Waals surface area contributed by atoms with Gasteiger partial charge in [-0.2, -0.15) is 0 Å². The SMILES string of the molecule is CCOC(=O)CCCNC(=O)CN1CCC(O)C(C)C1. The van der Waals surface area contributed by atoms with E-state index in [1.54, 1.807) is 6.92 Å². The lowest BCUT2D eigenvalue weighted by molar-refractivity contribution is -0.143. The second kappa shape index (κ2) is 8.92. The Labute approximate surface area is 120 Å². The van der Waals surface area contributed by atoms with Gasteiger partial charge in [0.25, 0.3) is 0 Å². The van der Waals surface area contributed by atoms with Crippen molar-refractivity contribution < 1.29 is 19.4 Å². The topological polar surface area (TPSA) is 78.9 Å². The molecule has 116 valence electrons. The van der Waals surface area contributed by atoms with Gasteiger partial charge in [-0.05, 0) is 25.7 Å². The molecule has 20 heavy (non-hydrogen) atoms. The molecule has 2 unspecified atom stereocenters. The Kier molecular flexibility index (Phi) is 7.54. The van der Waals surface area contributed by atoms with Crippen molar-refractivity contribution in [1.82, 2.24) is 10.2 Å². The van der Waals surface area contributed by atoms with Crippen molar-refractivity contribution in [2.45, 2.75) is 39.2 Å². The van der Waals surface area contributed by atoms with Gasteiger partial charge >= 0.3 is 5.97 Å². The van der Waals surface area contributed by atoms with Crippen molar-refractivity contribution in [2.75, 3.05) is 32.8 Å². The van der Waals surface area contributed by atoms with E-state index >= 15 is 0 Å². The van der Waals surface area contributed by atoms with Gasteiger partial charge in [0.05, 0.1) is 19.3 Å². The molecule has 0 aromatic rings. The quantitative estimate of drug-likeness (QED) is 0.514. The molecule has 1 rings (SSSR count). The summed E-state index contributed by atoms with van der Waals surface area (Å²) in [5.41, 5.74) is 0. The van der Waals surface area contributed by atoms with Gasteiger partial charge in [-0.3, -0.25) is 14.5 Å². The Balaban J connectivity index is 2.10. The van der Waals surface area contributed by atoms with Crippen molar-refractivity contribution in [3.8, 4) is 0 Å². The van der Waals surface area contributed by atoms with E-state index in [-0.39, 0.29) is 23.9 Å². The van der Waals surface area contributed by atoms with Crippen LogP contribution in [0.2, 0.25) is 0 Å². The van der Waals surface area contributed by atoms with Crippen molar-refractivity contribution in [2.24, 2.45) is 5.92 Å². The third kappa shape index (κ3) is 6.34. The average Bonchev–Trinajstić information content (AvgIpc) is 2.39. The lowest BCUT2D eigenvalue weighted by Crippen LogP contribution is -2.46. The summed E-state index contributed by atoms with van der Waals surface area (Å²) in [6, 6.07) is 0. The highest BCUT2D eigenvalue weighted by molar-refractivity contribution is 5.78. The molecule has 0 aromatic heterocycles. The molecule has 1 fully saturated rings. The average molecular weight is 286 g/mol. The number of ether oxygens (including phenoxy) is 1. The monoisotopic (exact) mass is 286 g/mol. The third-order valence-electron chi connectivity index (χ3n) is 3.50. The van der Waals surface area contributed by atoms with Gasteiger partial charge in [0.1, 0.15) is 0 Å². The van der Waals surface area contributed by atoms with E-state index in [4.69, 9.17) is 4.74 Å². The zero-order valence-electron chi connectivity index (χ0n) is 12.4. The van der Waals surface area contributed by atoms with Gasteiger partial charge in [-0.15, -0.1) is 0 Å². The molecule has 0 saturated carbocycles. The fourth-order valence-corrected chi connectivity index (χ4v) is 2.32. The van der Waals surface area contributed by atoms with E-state index in [2.05, 4.69) is 10.2 Å². The number of hydrogen-bond acceptors (Lipinski definition) is 5. The van der Waals surface area contributed by atoms with Crippen LogP contribution in [0.1, 0.15) is 33.1 Å². The number of amides is 1. The highest BCUT2D eigenvalue weighted by Crippen LogP contribution is 2.15. The summed E-state index contributed by atoms with van der Waals surface area (Å²) in [5, 5.41) is 12.4. The van der Waals surface area contributed by atoms with Gasteiger partial charge in [0, 0.05) is 26.1 Å². The molecular weight excluding hydrogens is 260 g/mol. The number of hydrogen-bond donors (Lipinski definition) is 2. The zero-order valence-corrected chi connectivity index (χ0v) is 12.4. The number of nitrogens with zero attached hydrogens (tertiary/aromatic N) is 1. The fourth-order valence-electron chi connectivity index (χ4n) is 2.32. The van der Waals surface area contributed by atoms with Crippen LogP contribution in [0.3, 0.4) is 0 Å². The maximum atomic E-state index is 11.7. The molecular formula is C14H26N2O4. The Bertz CT molecular complexity index is 322. The summed E-state index contributed by atoms with van der Waals surface area (Å²) in [7, 11) is 0. The standard InChI is InChI=1S/C14H26N2O4/c1-3-20-14(19)5-4-7-15-13(18)10-16-8-6-12(17)11(2)9-16/h11-12,17H,3-10H2,1-2H3,(H,15,18). The number of nitrogens with one attached hydrogen (secondary N) is 1. The van der Waals surface area contributed by atoms with Crippen LogP contribution < -0.4 is 5.32 Å². The van der Waals surface area contributed by atoms with Crippen LogP contribution in [-0.2, 0) is 14.3 Å². The number of piperidine rings is 1. The fraction of sp³-hybridized carbons (Fsp3) is 0.857. The Morgan fingerprint density at radius 1 is 1.45 bits per heavy atom. The smallest absolute Gasteiger partial charge is 0.305 e. The predicted octanol–water partition coefficient (Wildman–Crippen LogP) is 0.149. The summed E-state index contributed by atoms with van der Waals surface area (Å²) in [6.45, 7) is 6.51. The molecule has 2 atom stereocenters. The number of aliphatic hydroxyl groups is 1. The van der Waals surface area contributed by atoms with Gasteiger partial charge in [0.15, 0.2) is 0 Å². The Hall–Kier alpha value is -1.14. The first-order valence-electron chi connectivity index (χ1n) is 7.35. The molecule has 0 spiro atoms. The van der Waals surface area contributed by atoms with Crippen LogP contribution in [0.25, 0.3) is 0 Å². The maximum absolute atomic E-state index is 11.7. The number of carbonyl (C=O) groups excluding carboxylic acids is 2. The summed E-state index contributed by atoms with van der Waals surface area (Å²) in [6.07, 6.45) is 1.40. The summed E-state index contributed by atoms with van der Waals surface area (Å²) >= 11 is 0. The second-order valence-electron chi connectivity index (χ2n) is 5.33. The van der Waals surface area contributed by atoms with E-state index in [0.29, 0.717) is 32.5 Å². The van der Waals surface area contributed by atoms with Crippen molar-refractivity contribution >= 4 is 11.9 Å². The minimum Gasteiger partial charge on any atom is -0.466 e. The predicted molar refractivity (Wildman–Crippen MR) is 75.1 cm³/mol. The molecule has 6 heteroatoms. The Morgan fingerprint density at radius 3 is 2.85 bits per heavy atom. The first-order chi connectivity index (χ1) is 9.52. The van der Waals surface area contributed by atoms with Gasteiger partial charge in [0.2, 0.25) is 5.91 Å². The minimum atomic E-state index is -0.251. The molecule has 1 amide bonds. The second-order valence-corrected chi connectivity index (χ2v) is 5.33. The van der Waals surface area contributed by atoms with Crippen LogP contribution in [0.5, 0.6) is 0 Å². The molecule has 6 nitrogen and oxygen atoms in total. The molecule has 1 aliphatic heterocycles. The zero-order chi connectivity index (χ0) is 15.0. The van der Waals surface area contributed by atoms with Crippen LogP contribution in [-0.4, -0.2) is 60.8 Å². The van der Waals surface area contributed by atoms with Gasteiger partial charge < -0.3 is 15.2 Å². The molecule has 0 bridgehead atoms. The minimum absolute atomic E-state index is 0.0301. The molecule has 1 heterocycles. The van der Waals surface area contributed by atoms with E-state index in [9.17, 15) is 14.7 Å². The van der Waals surface area contributed by atoms with Crippen LogP contribution in [0, 0.1) is 5.92 Å². The molecule has 1 aliphatic rings. The van der Waals surface area contributed by atoms with E-state index in [1.807, 2.05) is 6.92 Å². The van der Waals surface area contributed by atoms with Gasteiger partial charge in [-0.25, -0.2) is 0 Å². The molecule has 0 radical (unpaired) electrons. The van der Waals surface area contributed by atoms with Crippen LogP contribution in [0.4, 0.5) is 0 Å². The number of likely N-dealkylation sites (tertiary alicyclic amines) is 1. The molecule has 2 N–H and O–H groups in total. The Morgan fingerprint density at radius 2 is 2.20 bits per heavy atom. The number of esters is 1. The number of carbonyl (C=O) groups is 2. The summed E-state index contributed by atoms with van der Waals surface area (Å²) in [5.74, 6) is -0.0431. The molecule has 0 aromatic carbocycles. The highest BCUT2D eigenvalue weighted by atomic mass is 16.5. The first-order valence-corrected chi connectivity index (χ1v) is 7.35. The lowest BCUT2D eigenvalue weighted by atomic mass is 9.97. The van der Waals surface area contributed by atoms with Crippen molar-refractivity contribution in [3.05, 3.63) is 0 Å². The molecule has 0 aliphatic carbocycles. The summed E-state index contributed by atoms with van der Waals surface area (Å²) < 4.78 is 4.81. The van der Waals surface area contributed by atoms with Crippen molar-refractivity contribution in [1.29, 1.82) is 0 Å². The first kappa shape index (κ1) is 16.9. The van der Waals surface area contributed by atoms with E-state index in [1.165, 1.54) is 0 Å². The number of rotatable bonds is 7. The largest absolute Gasteiger partial charge is 0.466 e. The van der Waals surface area contributed by atoms with E-state index < -0.39 is 0 Å². The van der Waals surface area contributed by atoms with Gasteiger partial charge in [-0.1, -0.05) is 6.92 Å². The highest BCUT2D eigenvalue weighted by Gasteiger charge is 2.25. The van der Waals surface area contributed by atoms with E-state index in [0.717, 1.165) is 19.5 Å². The van der Waals surface area contributed by atoms with Crippen LogP contribution in [0.15, 0.2) is 0 Å². The maximum Gasteiger partial charge on any atom is 0.305 e. The third-order valence-corrected chi connectivity index (χ3v) is 3.50. The van der Waals surface area contributed by atoms with Crippen LogP contribution >= 0.6 is 0 Å².